The lowest BCUT2D eigenvalue weighted by molar-refractivity contribution is 0.0279. The molecule has 0 aromatic carbocycles. The zero-order valence-corrected chi connectivity index (χ0v) is 22.6. The molecule has 8 nitrogen and oxygen atoms in total. The molecule has 1 fully saturated rings. The molecule has 2 heterocycles. The van der Waals surface area contributed by atoms with E-state index in [-0.39, 0.29) is 36.0 Å². The summed E-state index contributed by atoms with van der Waals surface area (Å²) < 4.78 is 7.30. The molecule has 1 aliphatic rings. The van der Waals surface area contributed by atoms with Crippen LogP contribution in [0.1, 0.15) is 46.6 Å². The number of carbonyl (C=O) groups is 1. The molecule has 31 heavy (non-hydrogen) atoms. The summed E-state index contributed by atoms with van der Waals surface area (Å²) in [5.74, 6) is 1.83. The lowest BCUT2D eigenvalue weighted by Crippen LogP contribution is -2.41. The van der Waals surface area contributed by atoms with E-state index in [2.05, 4.69) is 35.4 Å². The monoisotopic (exact) mass is 548 g/mol. The number of hydrogen-bond donors (Lipinski definition) is 1. The first-order chi connectivity index (χ1) is 14.1. The lowest BCUT2D eigenvalue weighted by Gasteiger charge is -2.26. The van der Waals surface area contributed by atoms with Gasteiger partial charge in [-0.15, -0.1) is 24.0 Å². The third-order valence-corrected chi connectivity index (χ3v) is 5.05. The van der Waals surface area contributed by atoms with E-state index in [9.17, 15) is 4.79 Å². The predicted molar refractivity (Wildman–Crippen MR) is 136 cm³/mol. The number of nitrogens with zero attached hydrogens (tertiary/aromatic N) is 5. The van der Waals surface area contributed by atoms with Crippen LogP contribution in [0, 0.1) is 11.8 Å². The normalized spacial score (nSPS) is 17.8. The molecule has 1 N–H and O–H groups in total. The molecule has 1 aromatic rings. The summed E-state index contributed by atoms with van der Waals surface area (Å²) >= 11 is 0. The Kier molecular flexibility index (Phi) is 11.1. The highest BCUT2D eigenvalue weighted by molar-refractivity contribution is 14.0. The molecule has 1 saturated heterocycles. The maximum absolute atomic E-state index is 12.2. The van der Waals surface area contributed by atoms with E-state index in [1.807, 2.05) is 38.7 Å². The van der Waals surface area contributed by atoms with Crippen molar-refractivity contribution < 1.29 is 9.53 Å². The number of aromatic nitrogens is 2. The summed E-state index contributed by atoms with van der Waals surface area (Å²) in [7, 11) is 3.74. The molecule has 1 aliphatic heterocycles. The summed E-state index contributed by atoms with van der Waals surface area (Å²) in [4.78, 5) is 21.0. The van der Waals surface area contributed by atoms with Crippen LogP contribution in [0.2, 0.25) is 0 Å². The van der Waals surface area contributed by atoms with Crippen LogP contribution >= 0.6 is 24.0 Å². The van der Waals surface area contributed by atoms with Gasteiger partial charge < -0.3 is 19.9 Å². The number of nitrogens with one attached hydrogen (secondary N) is 1. The average Bonchev–Trinajstić information content (AvgIpc) is 3.26. The van der Waals surface area contributed by atoms with Gasteiger partial charge >= 0.3 is 6.09 Å². The second kappa shape index (κ2) is 12.5. The number of ether oxygens (including phenoxy) is 1. The minimum absolute atomic E-state index is 0. The zero-order valence-electron chi connectivity index (χ0n) is 20.2. The molecule has 178 valence electrons. The van der Waals surface area contributed by atoms with Gasteiger partial charge in [0.05, 0.1) is 6.20 Å². The van der Waals surface area contributed by atoms with Crippen LogP contribution in [0.3, 0.4) is 0 Å². The molecule has 0 aliphatic carbocycles. The maximum atomic E-state index is 12.2. The Balaban J connectivity index is 0.00000480. The minimum Gasteiger partial charge on any atom is -0.444 e. The molecule has 0 spiro atoms. The van der Waals surface area contributed by atoms with Crippen molar-refractivity contribution in [2.45, 2.75) is 53.1 Å². The minimum atomic E-state index is -0.479. The van der Waals surface area contributed by atoms with Gasteiger partial charge in [0.25, 0.3) is 0 Å². The molecule has 0 radical (unpaired) electrons. The molecule has 9 heteroatoms. The number of likely N-dealkylation sites (tertiary alicyclic amines) is 1. The Morgan fingerprint density at radius 1 is 1.45 bits per heavy atom. The van der Waals surface area contributed by atoms with Crippen LogP contribution in [-0.4, -0.2) is 77.0 Å². The largest absolute Gasteiger partial charge is 0.444 e. The third-order valence-electron chi connectivity index (χ3n) is 5.05. The van der Waals surface area contributed by atoms with Gasteiger partial charge in [0, 0.05) is 53.0 Å². The molecular weight excluding hydrogens is 507 g/mol. The Labute approximate surface area is 204 Å². The van der Waals surface area contributed by atoms with E-state index in [1.54, 1.807) is 11.9 Å². The van der Waals surface area contributed by atoms with Crippen molar-refractivity contribution in [3.05, 3.63) is 18.0 Å². The highest BCUT2D eigenvalue weighted by Gasteiger charge is 2.26. The van der Waals surface area contributed by atoms with Crippen molar-refractivity contribution in [3.8, 4) is 0 Å². The molecule has 1 amide bonds. The summed E-state index contributed by atoms with van der Waals surface area (Å²) in [6.07, 6.45) is 6.00. The second-order valence-corrected chi connectivity index (χ2v) is 9.49. The predicted octanol–water partition coefficient (Wildman–Crippen LogP) is 3.37. The highest BCUT2D eigenvalue weighted by Crippen LogP contribution is 2.21. The zero-order chi connectivity index (χ0) is 22.3. The first kappa shape index (κ1) is 27.5. The van der Waals surface area contributed by atoms with Gasteiger partial charge in [-0.05, 0) is 57.9 Å². The van der Waals surface area contributed by atoms with Crippen LogP contribution in [0.4, 0.5) is 4.79 Å². The number of aryl methyl sites for hydroxylation is 1. The van der Waals surface area contributed by atoms with Gasteiger partial charge in [-0.25, -0.2) is 4.79 Å². The van der Waals surface area contributed by atoms with Crippen LogP contribution in [0.25, 0.3) is 0 Å². The van der Waals surface area contributed by atoms with E-state index in [1.165, 1.54) is 5.56 Å². The molecule has 2 rings (SSSR count). The quantitative estimate of drug-likeness (QED) is 0.322. The van der Waals surface area contributed by atoms with Crippen molar-refractivity contribution in [2.24, 2.45) is 23.9 Å². The van der Waals surface area contributed by atoms with Crippen molar-refractivity contribution in [3.63, 3.8) is 0 Å². The van der Waals surface area contributed by atoms with Gasteiger partial charge in [-0.1, -0.05) is 6.92 Å². The van der Waals surface area contributed by atoms with E-state index < -0.39 is 5.60 Å². The Bertz CT molecular complexity index is 715. The van der Waals surface area contributed by atoms with Gasteiger partial charge in [-0.2, -0.15) is 5.10 Å². The number of guanidine groups is 1. The van der Waals surface area contributed by atoms with E-state index >= 15 is 0 Å². The van der Waals surface area contributed by atoms with E-state index in [4.69, 9.17) is 9.73 Å². The van der Waals surface area contributed by atoms with Crippen molar-refractivity contribution in [1.82, 2.24) is 24.9 Å². The number of halogens is 1. The summed E-state index contributed by atoms with van der Waals surface area (Å²) in [6.45, 7) is 14.0. The maximum Gasteiger partial charge on any atom is 0.410 e. The van der Waals surface area contributed by atoms with E-state index in [0.717, 1.165) is 38.4 Å². The Morgan fingerprint density at radius 3 is 2.74 bits per heavy atom. The number of carbonyl (C=O) groups excluding carboxylic acids is 1. The standard InChI is InChI=1S/C22H40N6O2.HI/c1-8-23-20(24-12-17(2)14-26(6)21(29)30-22(3,4)5)28-10-9-18(16-28)11-19-13-25-27(7)15-19;/h13,15,17-18H,8-12,14,16H2,1-7H3,(H,23,24);1H. The van der Waals surface area contributed by atoms with Crippen LogP contribution in [-0.2, 0) is 18.2 Å². The summed E-state index contributed by atoms with van der Waals surface area (Å²) in [5.41, 5.74) is 0.817. The topological polar surface area (TPSA) is 75.0 Å². The van der Waals surface area contributed by atoms with Crippen molar-refractivity contribution in [2.75, 3.05) is 39.8 Å². The van der Waals surface area contributed by atoms with Gasteiger partial charge in [0.2, 0.25) is 0 Å². The number of amides is 1. The lowest BCUT2D eigenvalue weighted by atomic mass is 10.0. The molecule has 0 saturated carbocycles. The number of aliphatic imine (C=N–C) groups is 1. The number of rotatable bonds is 7. The fourth-order valence-corrected chi connectivity index (χ4v) is 3.71. The molecule has 1 aromatic heterocycles. The van der Waals surface area contributed by atoms with Gasteiger partial charge in [0.15, 0.2) is 5.96 Å². The first-order valence-corrected chi connectivity index (χ1v) is 11.0. The fraction of sp³-hybridized carbons (Fsp3) is 0.773. The second-order valence-electron chi connectivity index (χ2n) is 9.49. The van der Waals surface area contributed by atoms with Crippen molar-refractivity contribution >= 4 is 36.0 Å². The fourth-order valence-electron chi connectivity index (χ4n) is 3.71. The van der Waals surface area contributed by atoms with Gasteiger partial charge in [0.1, 0.15) is 5.60 Å². The van der Waals surface area contributed by atoms with E-state index in [0.29, 0.717) is 19.0 Å². The van der Waals surface area contributed by atoms with Crippen LogP contribution < -0.4 is 5.32 Å². The van der Waals surface area contributed by atoms with Crippen LogP contribution in [0.5, 0.6) is 0 Å². The molecule has 0 bridgehead atoms. The number of hydrogen-bond acceptors (Lipinski definition) is 4. The SMILES string of the molecule is CCNC(=NCC(C)CN(C)C(=O)OC(C)(C)C)N1CCC(Cc2cnn(C)c2)C1.I. The summed E-state index contributed by atoms with van der Waals surface area (Å²) in [5, 5.41) is 7.71. The Morgan fingerprint density at radius 2 is 2.16 bits per heavy atom. The highest BCUT2D eigenvalue weighted by atomic mass is 127. The Hall–Kier alpha value is -1.52. The first-order valence-electron chi connectivity index (χ1n) is 11.0. The van der Waals surface area contributed by atoms with Crippen LogP contribution in [0.15, 0.2) is 17.4 Å². The van der Waals surface area contributed by atoms with Gasteiger partial charge in [-0.3, -0.25) is 9.67 Å². The third kappa shape index (κ3) is 9.65. The molecule has 2 atom stereocenters. The molecule has 2 unspecified atom stereocenters. The smallest absolute Gasteiger partial charge is 0.410 e. The average molecular weight is 549 g/mol. The summed E-state index contributed by atoms with van der Waals surface area (Å²) in [6, 6.07) is 0. The molecular formula is C22H41IN6O2. The van der Waals surface area contributed by atoms with Crippen molar-refractivity contribution in [1.29, 1.82) is 0 Å².